The number of hydrogen-bond acceptors (Lipinski definition) is 4. The average molecular weight is 265 g/mol. The molecule has 0 spiro atoms. The van der Waals surface area contributed by atoms with E-state index in [1.165, 1.54) is 7.11 Å². The van der Waals surface area contributed by atoms with Crippen LogP contribution in [0, 0.1) is 0 Å². The number of rotatable bonds is 8. The van der Waals surface area contributed by atoms with Crippen LogP contribution in [0.25, 0.3) is 0 Å². The molecule has 1 unspecified atom stereocenters. The minimum atomic E-state index is -0.199. The number of hydrogen-bond donors (Lipinski definition) is 1. The Bertz CT molecular complexity index is 375. The van der Waals surface area contributed by atoms with Gasteiger partial charge < -0.3 is 14.8 Å². The first-order valence-corrected chi connectivity index (χ1v) is 6.59. The van der Waals surface area contributed by atoms with Gasteiger partial charge in [0.15, 0.2) is 0 Å². The van der Waals surface area contributed by atoms with Crippen molar-refractivity contribution in [2.45, 2.75) is 32.4 Å². The summed E-state index contributed by atoms with van der Waals surface area (Å²) in [7, 11) is 3.09. The molecule has 1 aromatic rings. The van der Waals surface area contributed by atoms with Gasteiger partial charge >= 0.3 is 5.97 Å². The van der Waals surface area contributed by atoms with E-state index in [1.807, 2.05) is 24.3 Å². The van der Waals surface area contributed by atoms with E-state index in [-0.39, 0.29) is 12.0 Å². The second-order valence-electron chi connectivity index (χ2n) is 4.46. The van der Waals surface area contributed by atoms with Crippen molar-refractivity contribution in [3.63, 3.8) is 0 Å². The third-order valence-electron chi connectivity index (χ3n) is 2.93. The highest BCUT2D eigenvalue weighted by Gasteiger charge is 2.15. The van der Waals surface area contributed by atoms with E-state index in [0.717, 1.165) is 24.1 Å². The van der Waals surface area contributed by atoms with Gasteiger partial charge in [0, 0.05) is 13.2 Å². The molecule has 0 heterocycles. The number of benzene rings is 1. The molecule has 0 amide bonds. The van der Waals surface area contributed by atoms with Gasteiger partial charge in [0.2, 0.25) is 0 Å². The molecule has 0 aliphatic heterocycles. The van der Waals surface area contributed by atoms with Crippen molar-refractivity contribution in [1.82, 2.24) is 5.32 Å². The maximum absolute atomic E-state index is 11.4. The third-order valence-corrected chi connectivity index (χ3v) is 2.93. The third kappa shape index (κ3) is 5.41. The summed E-state index contributed by atoms with van der Waals surface area (Å²) < 4.78 is 9.83. The molecule has 0 saturated heterocycles. The van der Waals surface area contributed by atoms with E-state index in [0.29, 0.717) is 13.0 Å². The van der Waals surface area contributed by atoms with Gasteiger partial charge in [0.1, 0.15) is 0 Å². The fourth-order valence-corrected chi connectivity index (χ4v) is 1.89. The largest absolute Gasteiger partial charge is 0.469 e. The van der Waals surface area contributed by atoms with Crippen molar-refractivity contribution in [2.24, 2.45) is 0 Å². The van der Waals surface area contributed by atoms with Crippen molar-refractivity contribution in [3.05, 3.63) is 35.4 Å². The second-order valence-corrected chi connectivity index (χ2v) is 4.46. The van der Waals surface area contributed by atoms with Gasteiger partial charge in [-0.2, -0.15) is 0 Å². The number of esters is 1. The maximum Gasteiger partial charge on any atom is 0.307 e. The summed E-state index contributed by atoms with van der Waals surface area (Å²) in [4.78, 5) is 11.4. The van der Waals surface area contributed by atoms with Crippen molar-refractivity contribution >= 4 is 5.97 Å². The molecule has 1 atom stereocenters. The highest BCUT2D eigenvalue weighted by Crippen LogP contribution is 2.18. The summed E-state index contributed by atoms with van der Waals surface area (Å²) in [6, 6.07) is 8.12. The molecule has 0 bridgehead atoms. The Morgan fingerprint density at radius 1 is 1.26 bits per heavy atom. The van der Waals surface area contributed by atoms with E-state index >= 15 is 0 Å². The van der Waals surface area contributed by atoms with Crippen LogP contribution in [-0.4, -0.2) is 26.7 Å². The normalized spacial score (nSPS) is 12.2. The number of ether oxygens (including phenoxy) is 2. The predicted molar refractivity (Wildman–Crippen MR) is 74.8 cm³/mol. The van der Waals surface area contributed by atoms with E-state index in [9.17, 15) is 4.79 Å². The smallest absolute Gasteiger partial charge is 0.307 e. The van der Waals surface area contributed by atoms with Gasteiger partial charge in [-0.1, -0.05) is 31.2 Å². The summed E-state index contributed by atoms with van der Waals surface area (Å²) in [6.45, 7) is 3.58. The van der Waals surface area contributed by atoms with Crippen LogP contribution in [0.5, 0.6) is 0 Å². The first-order chi connectivity index (χ1) is 9.21. The standard InChI is InChI=1S/C15H23NO3/c1-4-9-16-14(10-15(17)19-3)13-7-5-12(6-8-13)11-18-2/h5-8,14,16H,4,9-11H2,1-3H3. The lowest BCUT2D eigenvalue weighted by Crippen LogP contribution is -2.25. The SMILES string of the molecule is CCCNC(CC(=O)OC)c1ccc(COC)cc1. The average Bonchev–Trinajstić information content (AvgIpc) is 2.44. The number of methoxy groups -OCH3 is 2. The molecule has 106 valence electrons. The van der Waals surface area contributed by atoms with Crippen molar-refractivity contribution < 1.29 is 14.3 Å². The first-order valence-electron chi connectivity index (χ1n) is 6.59. The molecular formula is C15H23NO3. The van der Waals surface area contributed by atoms with E-state index in [2.05, 4.69) is 12.2 Å². The molecule has 1 aromatic carbocycles. The fraction of sp³-hybridized carbons (Fsp3) is 0.533. The lowest BCUT2D eigenvalue weighted by atomic mass is 10.0. The predicted octanol–water partition coefficient (Wildman–Crippen LogP) is 2.44. The van der Waals surface area contributed by atoms with Crippen LogP contribution in [0.1, 0.15) is 36.9 Å². The molecule has 0 aliphatic carbocycles. The summed E-state index contributed by atoms with van der Waals surface area (Å²) in [5.41, 5.74) is 2.22. The molecule has 19 heavy (non-hydrogen) atoms. The van der Waals surface area contributed by atoms with Gasteiger partial charge in [0.05, 0.1) is 20.1 Å². The Morgan fingerprint density at radius 2 is 1.95 bits per heavy atom. The van der Waals surface area contributed by atoms with Crippen LogP contribution in [-0.2, 0) is 20.9 Å². The molecule has 0 saturated carbocycles. The number of carbonyl (C=O) groups excluding carboxylic acids is 1. The summed E-state index contributed by atoms with van der Waals surface area (Å²) in [5.74, 6) is -0.199. The fourth-order valence-electron chi connectivity index (χ4n) is 1.89. The second kappa shape index (κ2) is 8.67. The van der Waals surface area contributed by atoms with E-state index in [1.54, 1.807) is 7.11 Å². The molecular weight excluding hydrogens is 242 g/mol. The molecule has 4 heteroatoms. The zero-order valence-corrected chi connectivity index (χ0v) is 11.9. The summed E-state index contributed by atoms with van der Waals surface area (Å²) in [6.07, 6.45) is 1.37. The van der Waals surface area contributed by atoms with Gasteiger partial charge in [-0.15, -0.1) is 0 Å². The van der Waals surface area contributed by atoms with Crippen LogP contribution < -0.4 is 5.32 Å². The van der Waals surface area contributed by atoms with Gasteiger partial charge in [0.25, 0.3) is 0 Å². The molecule has 1 N–H and O–H groups in total. The Hall–Kier alpha value is -1.39. The summed E-state index contributed by atoms with van der Waals surface area (Å²) >= 11 is 0. The Morgan fingerprint density at radius 3 is 2.47 bits per heavy atom. The lowest BCUT2D eigenvalue weighted by molar-refractivity contribution is -0.141. The zero-order chi connectivity index (χ0) is 14.1. The van der Waals surface area contributed by atoms with Crippen LogP contribution in [0.2, 0.25) is 0 Å². The highest BCUT2D eigenvalue weighted by molar-refractivity contribution is 5.70. The highest BCUT2D eigenvalue weighted by atomic mass is 16.5. The molecule has 0 aliphatic rings. The quantitative estimate of drug-likeness (QED) is 0.733. The van der Waals surface area contributed by atoms with Crippen LogP contribution in [0.3, 0.4) is 0 Å². The minimum absolute atomic E-state index is 0.00370. The van der Waals surface area contributed by atoms with Gasteiger partial charge in [-0.3, -0.25) is 4.79 Å². The van der Waals surface area contributed by atoms with Crippen molar-refractivity contribution in [2.75, 3.05) is 20.8 Å². The van der Waals surface area contributed by atoms with E-state index in [4.69, 9.17) is 9.47 Å². The van der Waals surface area contributed by atoms with Gasteiger partial charge in [-0.05, 0) is 24.1 Å². The Kier molecular flexibility index (Phi) is 7.15. The topological polar surface area (TPSA) is 47.6 Å². The van der Waals surface area contributed by atoms with Crippen molar-refractivity contribution in [3.8, 4) is 0 Å². The molecule has 0 radical (unpaired) electrons. The lowest BCUT2D eigenvalue weighted by Gasteiger charge is -2.18. The number of nitrogens with one attached hydrogen (secondary N) is 1. The van der Waals surface area contributed by atoms with E-state index < -0.39 is 0 Å². The Balaban J connectivity index is 2.74. The minimum Gasteiger partial charge on any atom is -0.469 e. The molecule has 1 rings (SSSR count). The zero-order valence-electron chi connectivity index (χ0n) is 11.9. The molecule has 0 aromatic heterocycles. The summed E-state index contributed by atoms with van der Waals surface area (Å²) in [5, 5.41) is 3.37. The van der Waals surface area contributed by atoms with Crippen LogP contribution >= 0.6 is 0 Å². The number of carbonyl (C=O) groups is 1. The maximum atomic E-state index is 11.4. The van der Waals surface area contributed by atoms with Crippen LogP contribution in [0.15, 0.2) is 24.3 Å². The molecule has 4 nitrogen and oxygen atoms in total. The van der Waals surface area contributed by atoms with Crippen LogP contribution in [0.4, 0.5) is 0 Å². The molecule has 0 fully saturated rings. The van der Waals surface area contributed by atoms with Crippen molar-refractivity contribution in [1.29, 1.82) is 0 Å². The van der Waals surface area contributed by atoms with Gasteiger partial charge in [-0.25, -0.2) is 0 Å². The monoisotopic (exact) mass is 265 g/mol. The first kappa shape index (κ1) is 15.7. The Labute approximate surface area is 115 Å².